The normalized spacial score (nSPS) is 14.5. The number of rotatable bonds is 5. The molecule has 0 N–H and O–H groups in total. The molecule has 11 aromatic rings. The molecule has 1 aliphatic carbocycles. The SMILES string of the molecule is CC1(C)CCC(C)(C)c2cc3c(cc21)c1cc2ccccc2cc1n3-c1cccc(-c2nc(-c3ccccc3-c3ccccc3)nc(-c3cc4ccccc4c4ccccc34)n2)c1. The van der Waals surface area contributed by atoms with E-state index in [1.54, 1.807) is 0 Å². The summed E-state index contributed by atoms with van der Waals surface area (Å²) in [5, 5.41) is 9.66. The first-order valence-electron chi connectivity index (χ1n) is 22.1. The number of nitrogens with zero attached hydrogens (tertiary/aromatic N) is 4. The highest BCUT2D eigenvalue weighted by Crippen LogP contribution is 2.49. The Morgan fingerprint density at radius 2 is 0.905 bits per heavy atom. The standard InChI is InChI=1S/C59H46N4/c1-58(2)29-30-59(3,4)52-36-54-49(35-51(52)58)48-32-38-19-8-9-20-39(38)34-53(48)63(54)42-23-16-22-41(31-42)55-60-56(47-28-15-12-24-43(47)37-17-6-5-7-18-37)62-57(61-55)50-33-40-21-10-11-25-44(40)45-26-13-14-27-46(45)50/h5-28,31-36H,29-30H2,1-4H3. The van der Waals surface area contributed by atoms with E-state index in [0.717, 1.165) is 50.7 Å². The van der Waals surface area contributed by atoms with Crippen LogP contribution in [0.2, 0.25) is 0 Å². The molecular weight excluding hydrogens is 765 g/mol. The highest BCUT2D eigenvalue weighted by molar-refractivity contribution is 6.15. The van der Waals surface area contributed by atoms with Crippen molar-refractivity contribution in [1.82, 2.24) is 19.5 Å². The predicted molar refractivity (Wildman–Crippen MR) is 264 cm³/mol. The van der Waals surface area contributed by atoms with Crippen molar-refractivity contribution < 1.29 is 0 Å². The summed E-state index contributed by atoms with van der Waals surface area (Å²) in [6.45, 7) is 9.67. The summed E-state index contributed by atoms with van der Waals surface area (Å²) in [7, 11) is 0. The molecule has 0 spiro atoms. The molecule has 9 aromatic carbocycles. The zero-order valence-electron chi connectivity index (χ0n) is 36.0. The summed E-state index contributed by atoms with van der Waals surface area (Å²) in [6, 6.07) is 65.7. The van der Waals surface area contributed by atoms with Gasteiger partial charge in [0.15, 0.2) is 17.5 Å². The third-order valence-electron chi connectivity index (χ3n) is 13.9. The van der Waals surface area contributed by atoms with Crippen molar-refractivity contribution in [2.45, 2.75) is 51.4 Å². The Hall–Kier alpha value is -7.43. The molecule has 0 bridgehead atoms. The lowest BCUT2D eigenvalue weighted by Gasteiger charge is -2.42. The van der Waals surface area contributed by atoms with Gasteiger partial charge < -0.3 is 4.57 Å². The summed E-state index contributed by atoms with van der Waals surface area (Å²) in [4.78, 5) is 16.1. The third kappa shape index (κ3) is 6.07. The summed E-state index contributed by atoms with van der Waals surface area (Å²) in [5.41, 5.74) is 11.6. The summed E-state index contributed by atoms with van der Waals surface area (Å²) < 4.78 is 2.48. The lowest BCUT2D eigenvalue weighted by Crippen LogP contribution is -2.33. The largest absolute Gasteiger partial charge is 0.309 e. The molecule has 0 amide bonds. The van der Waals surface area contributed by atoms with E-state index >= 15 is 0 Å². The van der Waals surface area contributed by atoms with Crippen LogP contribution >= 0.6 is 0 Å². The van der Waals surface area contributed by atoms with Gasteiger partial charge >= 0.3 is 0 Å². The maximum absolute atomic E-state index is 5.41. The average molecular weight is 811 g/mol. The van der Waals surface area contributed by atoms with Crippen molar-refractivity contribution in [3.05, 3.63) is 193 Å². The first-order valence-corrected chi connectivity index (χ1v) is 22.1. The molecule has 0 aliphatic heterocycles. The van der Waals surface area contributed by atoms with Crippen molar-refractivity contribution in [2.24, 2.45) is 0 Å². The van der Waals surface area contributed by atoms with Crippen LogP contribution in [0.15, 0.2) is 182 Å². The Kier molecular flexibility index (Phi) is 8.33. The van der Waals surface area contributed by atoms with Crippen LogP contribution in [0, 0.1) is 0 Å². The van der Waals surface area contributed by atoms with Crippen LogP contribution < -0.4 is 0 Å². The maximum atomic E-state index is 5.41. The Morgan fingerprint density at radius 1 is 0.365 bits per heavy atom. The van der Waals surface area contributed by atoms with Crippen LogP contribution in [0.5, 0.6) is 0 Å². The fraction of sp³-hybridized carbons (Fsp3) is 0.136. The van der Waals surface area contributed by atoms with Crippen molar-refractivity contribution in [3.8, 4) is 51.0 Å². The second-order valence-corrected chi connectivity index (χ2v) is 18.7. The highest BCUT2D eigenvalue weighted by Gasteiger charge is 2.38. The molecule has 302 valence electrons. The van der Waals surface area contributed by atoms with Gasteiger partial charge in [0.25, 0.3) is 0 Å². The van der Waals surface area contributed by atoms with Crippen molar-refractivity contribution >= 4 is 54.1 Å². The van der Waals surface area contributed by atoms with E-state index < -0.39 is 0 Å². The van der Waals surface area contributed by atoms with Crippen LogP contribution in [0.3, 0.4) is 0 Å². The molecule has 63 heavy (non-hydrogen) atoms. The molecule has 0 unspecified atom stereocenters. The van der Waals surface area contributed by atoms with Crippen molar-refractivity contribution in [3.63, 3.8) is 0 Å². The van der Waals surface area contributed by atoms with Gasteiger partial charge in [0.2, 0.25) is 0 Å². The molecule has 0 atom stereocenters. The minimum absolute atomic E-state index is 0.0630. The molecule has 2 heterocycles. The predicted octanol–water partition coefficient (Wildman–Crippen LogP) is 15.4. The minimum atomic E-state index is 0.0630. The smallest absolute Gasteiger partial charge is 0.164 e. The van der Waals surface area contributed by atoms with E-state index in [9.17, 15) is 0 Å². The Morgan fingerprint density at radius 3 is 1.67 bits per heavy atom. The van der Waals surface area contributed by atoms with Crippen LogP contribution in [0.1, 0.15) is 51.7 Å². The molecule has 0 saturated carbocycles. The van der Waals surface area contributed by atoms with Crippen LogP contribution in [0.25, 0.3) is 105 Å². The minimum Gasteiger partial charge on any atom is -0.309 e. The van der Waals surface area contributed by atoms with E-state index in [1.165, 1.54) is 60.9 Å². The Labute approximate surface area is 367 Å². The number of hydrogen-bond donors (Lipinski definition) is 0. The fourth-order valence-corrected chi connectivity index (χ4v) is 10.4. The quantitative estimate of drug-likeness (QED) is 0.163. The van der Waals surface area contributed by atoms with Gasteiger partial charge in [-0.05, 0) is 121 Å². The monoisotopic (exact) mass is 810 g/mol. The summed E-state index contributed by atoms with van der Waals surface area (Å²) in [6.07, 6.45) is 2.32. The summed E-state index contributed by atoms with van der Waals surface area (Å²) in [5.74, 6) is 1.91. The van der Waals surface area contributed by atoms with Crippen molar-refractivity contribution in [1.29, 1.82) is 0 Å². The fourth-order valence-electron chi connectivity index (χ4n) is 10.4. The molecule has 0 radical (unpaired) electrons. The van der Waals surface area contributed by atoms with Gasteiger partial charge in [-0.2, -0.15) is 0 Å². The zero-order valence-corrected chi connectivity index (χ0v) is 36.0. The Balaban J connectivity index is 1.12. The molecule has 2 aromatic heterocycles. The van der Waals surface area contributed by atoms with Gasteiger partial charge in [-0.1, -0.05) is 167 Å². The van der Waals surface area contributed by atoms with Crippen LogP contribution in [-0.4, -0.2) is 19.5 Å². The van der Waals surface area contributed by atoms with Gasteiger partial charge in [-0.3, -0.25) is 0 Å². The molecule has 1 aliphatic rings. The highest BCUT2D eigenvalue weighted by atomic mass is 15.0. The van der Waals surface area contributed by atoms with E-state index in [4.69, 9.17) is 15.0 Å². The average Bonchev–Trinajstić information content (AvgIpc) is 3.64. The van der Waals surface area contributed by atoms with Gasteiger partial charge in [-0.25, -0.2) is 15.0 Å². The van der Waals surface area contributed by atoms with Gasteiger partial charge in [0, 0.05) is 33.2 Å². The van der Waals surface area contributed by atoms with Crippen molar-refractivity contribution in [2.75, 3.05) is 0 Å². The number of hydrogen-bond acceptors (Lipinski definition) is 3. The second-order valence-electron chi connectivity index (χ2n) is 18.7. The molecular formula is C59H46N4. The van der Waals surface area contributed by atoms with Crippen LogP contribution in [0.4, 0.5) is 0 Å². The maximum Gasteiger partial charge on any atom is 0.164 e. The topological polar surface area (TPSA) is 43.6 Å². The van der Waals surface area contributed by atoms with E-state index in [0.29, 0.717) is 17.5 Å². The second kappa shape index (κ2) is 14.1. The molecule has 0 fully saturated rings. The molecule has 4 nitrogen and oxygen atoms in total. The molecule has 0 saturated heterocycles. The Bertz CT molecular complexity index is 3630. The number of fused-ring (bicyclic) bond motifs is 8. The van der Waals surface area contributed by atoms with E-state index in [-0.39, 0.29) is 10.8 Å². The van der Waals surface area contributed by atoms with Gasteiger partial charge in [0.1, 0.15) is 0 Å². The summed E-state index contributed by atoms with van der Waals surface area (Å²) >= 11 is 0. The lowest BCUT2D eigenvalue weighted by molar-refractivity contribution is 0.332. The molecule has 12 rings (SSSR count). The lowest BCUT2D eigenvalue weighted by atomic mass is 9.63. The van der Waals surface area contributed by atoms with Crippen LogP contribution in [-0.2, 0) is 10.8 Å². The third-order valence-corrected chi connectivity index (χ3v) is 13.9. The number of aromatic nitrogens is 4. The zero-order chi connectivity index (χ0) is 42.5. The van der Waals surface area contributed by atoms with E-state index in [1.807, 2.05) is 0 Å². The van der Waals surface area contributed by atoms with E-state index in [2.05, 4.69) is 214 Å². The first-order chi connectivity index (χ1) is 30.7. The van der Waals surface area contributed by atoms with Gasteiger partial charge in [-0.15, -0.1) is 0 Å². The molecule has 4 heteroatoms. The number of benzene rings is 9. The van der Waals surface area contributed by atoms with Gasteiger partial charge in [0.05, 0.1) is 11.0 Å². The first kappa shape index (κ1) is 37.3.